The Bertz CT molecular complexity index is 863. The number of fused-ring (bicyclic) bond motifs is 1. The minimum atomic E-state index is -0.256. The van der Waals surface area contributed by atoms with Crippen molar-refractivity contribution in [3.8, 4) is 0 Å². The third kappa shape index (κ3) is 2.35. The van der Waals surface area contributed by atoms with Crippen molar-refractivity contribution in [3.05, 3.63) is 68.9 Å². The van der Waals surface area contributed by atoms with Gasteiger partial charge in [-0.1, -0.05) is 40.9 Å². The van der Waals surface area contributed by atoms with Crippen LogP contribution in [0, 0.1) is 13.8 Å². The number of hydrogen-bond acceptors (Lipinski definition) is 2. The van der Waals surface area contributed by atoms with Crippen LogP contribution in [-0.2, 0) is 0 Å². The van der Waals surface area contributed by atoms with Crippen molar-refractivity contribution in [2.24, 2.45) is 0 Å². The summed E-state index contributed by atoms with van der Waals surface area (Å²) < 4.78 is 5.71. The number of hydrogen-bond donors (Lipinski definition) is 0. The Morgan fingerprint density at radius 2 is 1.86 bits per heavy atom. The highest BCUT2D eigenvalue weighted by Gasteiger charge is 2.22. The normalized spacial score (nSPS) is 11.0. The molecule has 0 spiro atoms. The Morgan fingerprint density at radius 3 is 2.62 bits per heavy atom. The fourth-order valence-corrected chi connectivity index (χ4v) is 2.74. The van der Waals surface area contributed by atoms with E-state index in [1.807, 2.05) is 32.0 Å². The van der Waals surface area contributed by atoms with Crippen molar-refractivity contribution in [3.63, 3.8) is 0 Å². The van der Waals surface area contributed by atoms with E-state index in [-0.39, 0.29) is 10.8 Å². The second-order valence-electron chi connectivity index (χ2n) is 4.99. The monoisotopic (exact) mass is 318 g/mol. The highest BCUT2D eigenvalue weighted by atomic mass is 35.5. The van der Waals surface area contributed by atoms with E-state index in [0.29, 0.717) is 21.9 Å². The average molecular weight is 319 g/mol. The molecule has 0 aliphatic rings. The Labute approximate surface area is 132 Å². The summed E-state index contributed by atoms with van der Waals surface area (Å²) in [7, 11) is 0. The minimum Gasteiger partial charge on any atom is -0.452 e. The molecule has 0 radical (unpaired) electrons. The van der Waals surface area contributed by atoms with Crippen LogP contribution in [0.1, 0.15) is 27.2 Å². The Hall–Kier alpha value is -1.77. The van der Waals surface area contributed by atoms with E-state index in [4.69, 9.17) is 27.6 Å². The standard InChI is InChI=1S/C17H12Cl2O2/c1-9-6-7-14-12(8-9)10(2)17(21-14)16(20)11-4-3-5-13(18)15(11)19/h3-8H,1-2H3. The molecule has 0 amide bonds. The average Bonchev–Trinajstić information content (AvgIpc) is 2.78. The second-order valence-corrected chi connectivity index (χ2v) is 5.77. The van der Waals surface area contributed by atoms with Gasteiger partial charge in [0.25, 0.3) is 0 Å². The number of rotatable bonds is 2. The lowest BCUT2D eigenvalue weighted by Crippen LogP contribution is -2.02. The van der Waals surface area contributed by atoms with Crippen LogP contribution in [0.4, 0.5) is 0 Å². The fourth-order valence-electron chi connectivity index (χ4n) is 2.35. The molecule has 0 saturated carbocycles. The number of furan rings is 1. The highest BCUT2D eigenvalue weighted by Crippen LogP contribution is 2.31. The Kier molecular flexibility index (Phi) is 3.52. The van der Waals surface area contributed by atoms with Gasteiger partial charge in [-0.15, -0.1) is 0 Å². The number of benzene rings is 2. The molecule has 0 aliphatic carbocycles. The first-order valence-corrected chi connectivity index (χ1v) is 7.23. The van der Waals surface area contributed by atoms with E-state index in [9.17, 15) is 4.79 Å². The van der Waals surface area contributed by atoms with Gasteiger partial charge in [0.2, 0.25) is 5.78 Å². The predicted octanol–water partition coefficient (Wildman–Crippen LogP) is 5.59. The Balaban J connectivity index is 2.18. The van der Waals surface area contributed by atoms with Crippen LogP contribution >= 0.6 is 23.2 Å². The van der Waals surface area contributed by atoms with E-state index in [1.165, 1.54) is 0 Å². The molecule has 3 rings (SSSR count). The first-order valence-electron chi connectivity index (χ1n) is 6.47. The van der Waals surface area contributed by atoms with Crippen LogP contribution in [0.25, 0.3) is 11.0 Å². The third-order valence-electron chi connectivity index (χ3n) is 3.49. The molecular weight excluding hydrogens is 307 g/mol. The molecule has 2 aromatic carbocycles. The molecule has 21 heavy (non-hydrogen) atoms. The van der Waals surface area contributed by atoms with Gasteiger partial charge < -0.3 is 4.42 Å². The Morgan fingerprint density at radius 1 is 1.10 bits per heavy atom. The van der Waals surface area contributed by atoms with Crippen molar-refractivity contribution in [2.45, 2.75) is 13.8 Å². The number of carbonyl (C=O) groups is 1. The summed E-state index contributed by atoms with van der Waals surface area (Å²) in [4.78, 5) is 12.7. The smallest absolute Gasteiger partial charge is 0.230 e. The van der Waals surface area contributed by atoms with Gasteiger partial charge in [-0.25, -0.2) is 0 Å². The molecule has 2 nitrogen and oxygen atoms in total. The lowest BCUT2D eigenvalue weighted by atomic mass is 10.0. The first-order chi connectivity index (χ1) is 9.99. The molecule has 0 aliphatic heterocycles. The summed E-state index contributed by atoms with van der Waals surface area (Å²) >= 11 is 12.1. The molecular formula is C17H12Cl2O2. The molecule has 0 unspecified atom stereocenters. The quantitative estimate of drug-likeness (QED) is 0.577. The van der Waals surface area contributed by atoms with Crippen LogP contribution < -0.4 is 0 Å². The summed E-state index contributed by atoms with van der Waals surface area (Å²) in [5.41, 5.74) is 2.98. The van der Waals surface area contributed by atoms with Crippen LogP contribution in [0.3, 0.4) is 0 Å². The van der Waals surface area contributed by atoms with Gasteiger partial charge in [0.15, 0.2) is 5.76 Å². The van der Waals surface area contributed by atoms with E-state index >= 15 is 0 Å². The zero-order chi connectivity index (χ0) is 15.1. The second kappa shape index (κ2) is 5.21. The maximum atomic E-state index is 12.7. The van der Waals surface area contributed by atoms with Gasteiger partial charge >= 0.3 is 0 Å². The van der Waals surface area contributed by atoms with Gasteiger partial charge in [0.1, 0.15) is 5.58 Å². The van der Waals surface area contributed by atoms with Gasteiger partial charge in [-0.05, 0) is 38.1 Å². The van der Waals surface area contributed by atoms with Crippen molar-refractivity contribution in [1.82, 2.24) is 0 Å². The molecule has 0 bridgehead atoms. The van der Waals surface area contributed by atoms with Crippen LogP contribution in [-0.4, -0.2) is 5.78 Å². The summed E-state index contributed by atoms with van der Waals surface area (Å²) in [6.45, 7) is 3.87. The largest absolute Gasteiger partial charge is 0.452 e. The molecule has 3 aromatic rings. The summed E-state index contributed by atoms with van der Waals surface area (Å²) in [6, 6.07) is 10.8. The molecule has 1 heterocycles. The lowest BCUT2D eigenvalue weighted by Gasteiger charge is -2.03. The predicted molar refractivity (Wildman–Crippen MR) is 85.6 cm³/mol. The van der Waals surface area contributed by atoms with Crippen molar-refractivity contribution in [1.29, 1.82) is 0 Å². The van der Waals surface area contributed by atoms with Gasteiger partial charge in [-0.2, -0.15) is 0 Å². The maximum absolute atomic E-state index is 12.7. The molecule has 106 valence electrons. The summed E-state index contributed by atoms with van der Waals surface area (Å²) in [5.74, 6) is 0.0496. The molecule has 0 N–H and O–H groups in total. The topological polar surface area (TPSA) is 30.2 Å². The SMILES string of the molecule is Cc1ccc2oc(C(=O)c3cccc(Cl)c3Cl)c(C)c2c1. The van der Waals surface area contributed by atoms with E-state index in [2.05, 4.69) is 0 Å². The van der Waals surface area contributed by atoms with E-state index in [1.54, 1.807) is 18.2 Å². The zero-order valence-electron chi connectivity index (χ0n) is 11.5. The van der Waals surface area contributed by atoms with Gasteiger partial charge in [0.05, 0.1) is 10.0 Å². The molecule has 0 atom stereocenters. The third-order valence-corrected chi connectivity index (χ3v) is 4.31. The van der Waals surface area contributed by atoms with Gasteiger partial charge in [0, 0.05) is 16.5 Å². The number of carbonyl (C=O) groups excluding carboxylic acids is 1. The maximum Gasteiger partial charge on any atom is 0.230 e. The summed E-state index contributed by atoms with van der Waals surface area (Å²) in [5, 5.41) is 1.55. The molecule has 4 heteroatoms. The van der Waals surface area contributed by atoms with Crippen LogP contribution in [0.15, 0.2) is 40.8 Å². The molecule has 1 aromatic heterocycles. The van der Waals surface area contributed by atoms with Crippen molar-refractivity contribution in [2.75, 3.05) is 0 Å². The number of aryl methyl sites for hydroxylation is 2. The first kappa shape index (κ1) is 14.2. The van der Waals surface area contributed by atoms with E-state index in [0.717, 1.165) is 16.5 Å². The zero-order valence-corrected chi connectivity index (χ0v) is 13.0. The highest BCUT2D eigenvalue weighted by molar-refractivity contribution is 6.44. The molecule has 0 saturated heterocycles. The number of halogens is 2. The van der Waals surface area contributed by atoms with Crippen molar-refractivity contribution >= 4 is 40.0 Å². The van der Waals surface area contributed by atoms with Gasteiger partial charge in [-0.3, -0.25) is 4.79 Å². The molecule has 0 fully saturated rings. The van der Waals surface area contributed by atoms with E-state index < -0.39 is 0 Å². The minimum absolute atomic E-state index is 0.250. The van der Waals surface area contributed by atoms with Crippen LogP contribution in [0.5, 0.6) is 0 Å². The lowest BCUT2D eigenvalue weighted by molar-refractivity contribution is 0.101. The fraction of sp³-hybridized carbons (Fsp3) is 0.118. The number of ketones is 1. The van der Waals surface area contributed by atoms with Crippen LogP contribution in [0.2, 0.25) is 10.0 Å². The van der Waals surface area contributed by atoms with Crippen molar-refractivity contribution < 1.29 is 9.21 Å². The summed E-state index contributed by atoms with van der Waals surface area (Å²) in [6.07, 6.45) is 0.